The van der Waals surface area contributed by atoms with Gasteiger partial charge < -0.3 is 0 Å². The van der Waals surface area contributed by atoms with Crippen molar-refractivity contribution in [3.05, 3.63) is 30.3 Å². The Morgan fingerprint density at radius 2 is 2.00 bits per heavy atom. The van der Waals surface area contributed by atoms with Crippen LogP contribution in [0.5, 0.6) is 0 Å². The number of hydrogen-bond donors (Lipinski definition) is 0. The Balaban J connectivity index is 2.48. The normalized spacial score (nSPS) is 9.83. The van der Waals surface area contributed by atoms with Gasteiger partial charge in [0.05, 0.1) is 0 Å². The molecular formula is C9H12ClGaS. The van der Waals surface area contributed by atoms with Crippen LogP contribution in [0.2, 0.25) is 0 Å². The van der Waals surface area contributed by atoms with E-state index in [1.807, 2.05) is 15.8 Å². The topological polar surface area (TPSA) is 0 Å². The Bertz CT molecular complexity index is 215. The van der Waals surface area contributed by atoms with E-state index in [9.17, 15) is 0 Å². The van der Waals surface area contributed by atoms with Gasteiger partial charge in [0, 0.05) is 0 Å². The van der Waals surface area contributed by atoms with Crippen LogP contribution < -0.4 is 4.12 Å². The van der Waals surface area contributed by atoms with E-state index in [1.54, 1.807) is 0 Å². The second-order valence-corrected chi connectivity index (χ2v) is 14.2. The SMILES string of the molecule is CCC[S][Ga]([Cl])[c]1ccccc1. The van der Waals surface area contributed by atoms with Crippen molar-refractivity contribution in [3.8, 4) is 0 Å². The Morgan fingerprint density at radius 1 is 1.33 bits per heavy atom. The fourth-order valence-corrected chi connectivity index (χ4v) is 9.62. The molecule has 0 fully saturated rings. The van der Waals surface area contributed by atoms with E-state index in [4.69, 9.17) is 9.64 Å². The fraction of sp³-hybridized carbons (Fsp3) is 0.333. The molecule has 0 atom stereocenters. The van der Waals surface area contributed by atoms with Crippen LogP contribution in [0.1, 0.15) is 13.3 Å². The van der Waals surface area contributed by atoms with Crippen LogP contribution in [0.4, 0.5) is 0 Å². The maximum absolute atomic E-state index is 6.34. The predicted molar refractivity (Wildman–Crippen MR) is 60.4 cm³/mol. The molecule has 0 nitrogen and oxygen atoms in total. The summed E-state index contributed by atoms with van der Waals surface area (Å²) in [5, 5.41) is 0. The Kier molecular flexibility index (Phi) is 5.31. The molecule has 0 aliphatic rings. The van der Waals surface area contributed by atoms with Gasteiger partial charge in [-0.1, -0.05) is 0 Å². The third-order valence-corrected chi connectivity index (χ3v) is 12.4. The number of benzene rings is 1. The molecule has 0 spiro atoms. The van der Waals surface area contributed by atoms with Crippen molar-refractivity contribution in [1.82, 2.24) is 0 Å². The van der Waals surface area contributed by atoms with Crippen molar-refractivity contribution in [2.24, 2.45) is 0 Å². The van der Waals surface area contributed by atoms with Gasteiger partial charge in [0.15, 0.2) is 0 Å². The summed E-state index contributed by atoms with van der Waals surface area (Å²) in [6, 6.07) is 10.5. The summed E-state index contributed by atoms with van der Waals surface area (Å²) < 4.78 is 1.39. The summed E-state index contributed by atoms with van der Waals surface area (Å²) in [4.78, 5) is 0. The first kappa shape index (κ1) is 10.6. The van der Waals surface area contributed by atoms with Crippen LogP contribution in [-0.2, 0) is 0 Å². The number of hydrogen-bond acceptors (Lipinski definition) is 1. The quantitative estimate of drug-likeness (QED) is 0.748. The molecule has 0 saturated carbocycles. The van der Waals surface area contributed by atoms with Crippen molar-refractivity contribution in [2.45, 2.75) is 13.3 Å². The molecule has 0 aliphatic heterocycles. The van der Waals surface area contributed by atoms with Crippen LogP contribution in [0, 0.1) is 0 Å². The molecule has 0 amide bonds. The van der Waals surface area contributed by atoms with Gasteiger partial charge in [-0.05, 0) is 0 Å². The number of halogens is 1. The average molecular weight is 257 g/mol. The van der Waals surface area contributed by atoms with Crippen molar-refractivity contribution >= 4 is 37.4 Å². The van der Waals surface area contributed by atoms with Crippen LogP contribution in [0.3, 0.4) is 0 Å². The molecule has 0 unspecified atom stereocenters. The first-order valence-corrected chi connectivity index (χ1v) is 12.6. The van der Waals surface area contributed by atoms with E-state index in [0.29, 0.717) is 0 Å². The minimum absolute atomic E-state index is 1.21. The first-order chi connectivity index (χ1) is 5.84. The predicted octanol–water partition coefficient (Wildman–Crippen LogP) is 2.76. The number of rotatable bonds is 4. The zero-order chi connectivity index (χ0) is 8.81. The van der Waals surface area contributed by atoms with E-state index < -0.39 is 14.0 Å². The molecule has 12 heavy (non-hydrogen) atoms. The second-order valence-electron chi connectivity index (χ2n) is 2.60. The third kappa shape index (κ3) is 3.48. The molecule has 3 heteroatoms. The summed E-state index contributed by atoms with van der Waals surface area (Å²) >= 11 is -1.65. The van der Waals surface area contributed by atoms with Gasteiger partial charge >= 0.3 is 86.9 Å². The van der Waals surface area contributed by atoms with E-state index in [-0.39, 0.29) is 0 Å². The van der Waals surface area contributed by atoms with Crippen LogP contribution in [0.15, 0.2) is 30.3 Å². The Labute approximate surface area is 86.6 Å². The molecule has 0 saturated heterocycles. The van der Waals surface area contributed by atoms with Crippen LogP contribution in [0.25, 0.3) is 0 Å². The molecule has 0 bridgehead atoms. The van der Waals surface area contributed by atoms with Crippen LogP contribution >= 0.6 is 19.3 Å². The Morgan fingerprint density at radius 3 is 2.58 bits per heavy atom. The summed E-state index contributed by atoms with van der Waals surface area (Å²) in [6.07, 6.45) is 1.23. The summed E-state index contributed by atoms with van der Waals surface area (Å²) in [5.41, 5.74) is 0. The van der Waals surface area contributed by atoms with Crippen LogP contribution in [-0.4, -0.2) is 19.7 Å². The fourth-order valence-electron chi connectivity index (χ4n) is 0.922. The minimum atomic E-state index is -1.65. The van der Waals surface area contributed by atoms with Gasteiger partial charge in [-0.3, -0.25) is 0 Å². The summed E-state index contributed by atoms with van der Waals surface area (Å²) in [7, 11) is 8.32. The zero-order valence-corrected chi connectivity index (χ0v) is 11.2. The molecule has 64 valence electrons. The van der Waals surface area contributed by atoms with Gasteiger partial charge in [0.25, 0.3) is 0 Å². The molecule has 0 radical (unpaired) electrons. The Hall–Kier alpha value is 0.496. The van der Waals surface area contributed by atoms with E-state index in [1.165, 1.54) is 16.3 Å². The zero-order valence-electron chi connectivity index (χ0n) is 7.16. The summed E-state index contributed by atoms with van der Waals surface area (Å²) in [6.45, 7) is 2.20. The third-order valence-electron chi connectivity index (χ3n) is 1.53. The molecular weight excluding hydrogens is 245 g/mol. The monoisotopic (exact) mass is 256 g/mol. The van der Waals surface area contributed by atoms with E-state index in [0.717, 1.165) is 0 Å². The van der Waals surface area contributed by atoms with E-state index in [2.05, 4.69) is 31.2 Å². The molecule has 1 aromatic rings. The maximum atomic E-state index is 6.34. The molecule has 0 aromatic heterocycles. The second kappa shape index (κ2) is 6.03. The molecule has 0 heterocycles. The van der Waals surface area contributed by atoms with Gasteiger partial charge in [0.1, 0.15) is 0 Å². The van der Waals surface area contributed by atoms with Gasteiger partial charge in [-0.15, -0.1) is 0 Å². The van der Waals surface area contributed by atoms with Gasteiger partial charge in [-0.2, -0.15) is 0 Å². The van der Waals surface area contributed by atoms with E-state index >= 15 is 0 Å². The van der Waals surface area contributed by atoms with Crippen molar-refractivity contribution < 1.29 is 0 Å². The molecule has 0 aliphatic carbocycles. The average Bonchev–Trinajstić information content (AvgIpc) is 2.15. The molecule has 1 rings (SSSR count). The standard InChI is InChI=1S/C6H5.C3H8S.ClH.Ga/c1-2-4-6-5-3-1;1-2-3-4;;/h1-5H;4H,2-3H2,1H3;1H;/q;;;+2/p-2. The van der Waals surface area contributed by atoms with Crippen molar-refractivity contribution in [1.29, 1.82) is 0 Å². The molecule has 0 N–H and O–H groups in total. The van der Waals surface area contributed by atoms with Crippen molar-refractivity contribution in [2.75, 3.05) is 5.75 Å². The summed E-state index contributed by atoms with van der Waals surface area (Å²) in [5.74, 6) is 1.21. The first-order valence-electron chi connectivity index (χ1n) is 4.15. The molecule has 1 aromatic carbocycles. The van der Waals surface area contributed by atoms with Crippen molar-refractivity contribution in [3.63, 3.8) is 0 Å². The van der Waals surface area contributed by atoms with Gasteiger partial charge in [0.2, 0.25) is 0 Å². The van der Waals surface area contributed by atoms with Gasteiger partial charge in [-0.25, -0.2) is 0 Å².